The van der Waals surface area contributed by atoms with E-state index in [1.165, 1.54) is 0 Å². The molecule has 0 fully saturated rings. The Morgan fingerprint density at radius 3 is 2.74 bits per heavy atom. The maximum absolute atomic E-state index is 6.23. The van der Waals surface area contributed by atoms with Gasteiger partial charge in [0.15, 0.2) is 0 Å². The molecule has 0 aliphatic rings. The van der Waals surface area contributed by atoms with Gasteiger partial charge in [-0.2, -0.15) is 0 Å². The van der Waals surface area contributed by atoms with E-state index < -0.39 is 0 Å². The third kappa shape index (κ3) is 3.46. The molecule has 0 saturated carbocycles. The van der Waals surface area contributed by atoms with Crippen molar-refractivity contribution in [2.75, 3.05) is 7.11 Å². The molecule has 2 rings (SSSR count). The van der Waals surface area contributed by atoms with Crippen molar-refractivity contribution >= 4 is 11.6 Å². The van der Waals surface area contributed by atoms with Gasteiger partial charge in [-0.25, -0.2) is 0 Å². The molecule has 3 nitrogen and oxygen atoms in total. The monoisotopic (exact) mass is 276 g/mol. The quantitative estimate of drug-likeness (QED) is 0.932. The highest BCUT2D eigenvalue weighted by Crippen LogP contribution is 2.28. The number of methoxy groups -OCH3 is 1. The van der Waals surface area contributed by atoms with E-state index in [0.29, 0.717) is 17.2 Å². The number of aryl methyl sites for hydroxylation is 1. The summed E-state index contributed by atoms with van der Waals surface area (Å²) in [4.78, 5) is 4.37. The summed E-state index contributed by atoms with van der Waals surface area (Å²) in [5.41, 5.74) is 9.28. The van der Waals surface area contributed by atoms with Crippen LogP contribution < -0.4 is 10.5 Å². The summed E-state index contributed by atoms with van der Waals surface area (Å²) in [5, 5.41) is 0.640. The summed E-state index contributed by atoms with van der Waals surface area (Å²) in [6.45, 7) is 2.01. The second-order valence-electron chi connectivity index (χ2n) is 4.52. The Balaban J connectivity index is 2.19. The number of rotatable bonds is 4. The molecule has 1 unspecified atom stereocenters. The molecule has 100 valence electrons. The van der Waals surface area contributed by atoms with Gasteiger partial charge in [0.2, 0.25) is 0 Å². The maximum Gasteiger partial charge on any atom is 0.125 e. The average molecular weight is 277 g/mol. The predicted molar refractivity (Wildman–Crippen MR) is 77.6 cm³/mol. The zero-order valence-electron chi connectivity index (χ0n) is 11.1. The van der Waals surface area contributed by atoms with Crippen LogP contribution in [0, 0.1) is 6.92 Å². The second-order valence-corrected chi connectivity index (χ2v) is 4.96. The molecule has 0 saturated heterocycles. The summed E-state index contributed by atoms with van der Waals surface area (Å²) in [6, 6.07) is 9.37. The minimum atomic E-state index is -0.164. The molecular formula is C15H17ClN2O. The molecule has 0 spiro atoms. The van der Waals surface area contributed by atoms with E-state index in [1.807, 2.05) is 37.4 Å². The Labute approximate surface area is 118 Å². The number of pyridine rings is 1. The fourth-order valence-corrected chi connectivity index (χ4v) is 2.11. The lowest BCUT2D eigenvalue weighted by Crippen LogP contribution is -2.15. The van der Waals surface area contributed by atoms with Crippen molar-refractivity contribution in [3.63, 3.8) is 0 Å². The molecule has 1 atom stereocenters. The largest absolute Gasteiger partial charge is 0.496 e. The van der Waals surface area contributed by atoms with Gasteiger partial charge in [0.25, 0.3) is 0 Å². The van der Waals surface area contributed by atoms with E-state index in [4.69, 9.17) is 22.1 Å². The molecule has 19 heavy (non-hydrogen) atoms. The van der Waals surface area contributed by atoms with E-state index >= 15 is 0 Å². The Bertz CT molecular complexity index is 555. The van der Waals surface area contributed by atoms with Gasteiger partial charge in [-0.05, 0) is 30.7 Å². The first-order chi connectivity index (χ1) is 9.10. The van der Waals surface area contributed by atoms with Gasteiger partial charge in [-0.15, -0.1) is 0 Å². The van der Waals surface area contributed by atoms with Crippen molar-refractivity contribution in [1.82, 2.24) is 4.98 Å². The number of hydrogen-bond donors (Lipinski definition) is 1. The first kappa shape index (κ1) is 13.8. The van der Waals surface area contributed by atoms with Gasteiger partial charge in [-0.1, -0.05) is 23.7 Å². The van der Waals surface area contributed by atoms with Crippen molar-refractivity contribution in [3.8, 4) is 5.75 Å². The highest BCUT2D eigenvalue weighted by Gasteiger charge is 2.13. The van der Waals surface area contributed by atoms with Gasteiger partial charge in [0.05, 0.1) is 7.11 Å². The van der Waals surface area contributed by atoms with Crippen LogP contribution in [0.1, 0.15) is 22.9 Å². The minimum absolute atomic E-state index is 0.164. The predicted octanol–water partition coefficient (Wildman–Crippen LogP) is 3.29. The van der Waals surface area contributed by atoms with Crippen LogP contribution in [0.4, 0.5) is 0 Å². The molecule has 0 bridgehead atoms. The van der Waals surface area contributed by atoms with Crippen LogP contribution >= 0.6 is 11.6 Å². The number of hydrogen-bond acceptors (Lipinski definition) is 3. The standard InChI is InChI=1S/C15H17ClN2O/c1-10-3-5-12(18-9-10)8-14(17)13-6-4-11(16)7-15(13)19-2/h3-7,9,14H,8,17H2,1-2H3. The molecule has 4 heteroatoms. The van der Waals surface area contributed by atoms with Crippen LogP contribution in [0.25, 0.3) is 0 Å². The van der Waals surface area contributed by atoms with E-state index in [9.17, 15) is 0 Å². The Morgan fingerprint density at radius 1 is 1.32 bits per heavy atom. The van der Waals surface area contributed by atoms with E-state index in [0.717, 1.165) is 16.8 Å². The molecule has 1 aromatic carbocycles. The average Bonchev–Trinajstić information content (AvgIpc) is 2.41. The summed E-state index contributed by atoms with van der Waals surface area (Å²) < 4.78 is 5.32. The highest BCUT2D eigenvalue weighted by molar-refractivity contribution is 6.30. The van der Waals surface area contributed by atoms with Crippen molar-refractivity contribution in [1.29, 1.82) is 0 Å². The first-order valence-corrected chi connectivity index (χ1v) is 6.48. The van der Waals surface area contributed by atoms with E-state index in [-0.39, 0.29) is 6.04 Å². The number of halogens is 1. The normalized spacial score (nSPS) is 12.2. The van der Waals surface area contributed by atoms with Crippen molar-refractivity contribution in [2.45, 2.75) is 19.4 Å². The summed E-state index contributed by atoms with van der Waals surface area (Å²) >= 11 is 5.94. The Morgan fingerprint density at radius 2 is 2.11 bits per heavy atom. The van der Waals surface area contributed by atoms with Crippen LogP contribution in [0.5, 0.6) is 5.75 Å². The Hall–Kier alpha value is -1.58. The topological polar surface area (TPSA) is 48.1 Å². The minimum Gasteiger partial charge on any atom is -0.496 e. The smallest absolute Gasteiger partial charge is 0.125 e. The fourth-order valence-electron chi connectivity index (χ4n) is 1.95. The lowest BCUT2D eigenvalue weighted by molar-refractivity contribution is 0.405. The number of nitrogens with two attached hydrogens (primary N) is 1. The molecule has 0 amide bonds. The lowest BCUT2D eigenvalue weighted by atomic mass is 10.0. The van der Waals surface area contributed by atoms with Gasteiger partial charge in [0, 0.05) is 34.9 Å². The second kappa shape index (κ2) is 6.04. The first-order valence-electron chi connectivity index (χ1n) is 6.10. The van der Waals surface area contributed by atoms with Gasteiger partial charge in [0.1, 0.15) is 5.75 Å². The third-order valence-corrected chi connectivity index (χ3v) is 3.23. The van der Waals surface area contributed by atoms with Crippen LogP contribution in [-0.4, -0.2) is 12.1 Å². The summed E-state index contributed by atoms with van der Waals surface area (Å²) in [6.07, 6.45) is 2.51. The molecule has 2 aromatic rings. The molecule has 1 aromatic heterocycles. The van der Waals surface area contributed by atoms with Crippen LogP contribution in [-0.2, 0) is 6.42 Å². The summed E-state index contributed by atoms with van der Waals surface area (Å²) in [5.74, 6) is 0.715. The van der Waals surface area contributed by atoms with E-state index in [1.54, 1.807) is 13.2 Å². The molecule has 1 heterocycles. The van der Waals surface area contributed by atoms with Gasteiger partial charge >= 0.3 is 0 Å². The molecule has 0 aliphatic carbocycles. The van der Waals surface area contributed by atoms with Crippen LogP contribution in [0.15, 0.2) is 36.5 Å². The summed E-state index contributed by atoms with van der Waals surface area (Å²) in [7, 11) is 1.62. The Kier molecular flexibility index (Phi) is 4.40. The SMILES string of the molecule is COc1cc(Cl)ccc1C(N)Cc1ccc(C)cn1. The zero-order valence-corrected chi connectivity index (χ0v) is 11.8. The third-order valence-electron chi connectivity index (χ3n) is 3.00. The van der Waals surface area contributed by atoms with Gasteiger partial charge in [-0.3, -0.25) is 4.98 Å². The lowest BCUT2D eigenvalue weighted by Gasteiger charge is -2.15. The van der Waals surface area contributed by atoms with Crippen LogP contribution in [0.2, 0.25) is 5.02 Å². The van der Waals surface area contributed by atoms with Gasteiger partial charge < -0.3 is 10.5 Å². The van der Waals surface area contributed by atoms with Crippen molar-refractivity contribution < 1.29 is 4.74 Å². The molecule has 2 N–H and O–H groups in total. The number of aromatic nitrogens is 1. The number of benzene rings is 1. The van der Waals surface area contributed by atoms with Crippen molar-refractivity contribution in [3.05, 3.63) is 58.4 Å². The van der Waals surface area contributed by atoms with Crippen molar-refractivity contribution in [2.24, 2.45) is 5.73 Å². The highest BCUT2D eigenvalue weighted by atomic mass is 35.5. The molecular weight excluding hydrogens is 260 g/mol. The fraction of sp³-hybridized carbons (Fsp3) is 0.267. The maximum atomic E-state index is 6.23. The van der Waals surface area contributed by atoms with E-state index in [2.05, 4.69) is 4.98 Å². The zero-order chi connectivity index (χ0) is 13.8. The molecule has 0 aliphatic heterocycles. The number of ether oxygens (including phenoxy) is 1. The molecule has 0 radical (unpaired) electrons. The van der Waals surface area contributed by atoms with Crippen LogP contribution in [0.3, 0.4) is 0 Å². The number of nitrogens with zero attached hydrogens (tertiary/aromatic N) is 1.